The van der Waals surface area contributed by atoms with Crippen LogP contribution in [0.3, 0.4) is 0 Å². The number of ether oxygens (including phenoxy) is 2. The highest BCUT2D eigenvalue weighted by Crippen LogP contribution is 2.68. The van der Waals surface area contributed by atoms with Crippen molar-refractivity contribution in [1.82, 2.24) is 4.98 Å². The summed E-state index contributed by atoms with van der Waals surface area (Å²) in [6.07, 6.45) is 0.808. The van der Waals surface area contributed by atoms with Crippen molar-refractivity contribution in [1.29, 1.82) is 0 Å². The molecule has 1 saturated heterocycles. The van der Waals surface area contributed by atoms with Crippen LogP contribution in [0.1, 0.15) is 40.8 Å². The van der Waals surface area contributed by atoms with Gasteiger partial charge in [-0.1, -0.05) is 52.8 Å². The van der Waals surface area contributed by atoms with E-state index in [9.17, 15) is 19.2 Å². The lowest BCUT2D eigenvalue weighted by Crippen LogP contribution is -2.42. The first-order chi connectivity index (χ1) is 23.2. The van der Waals surface area contributed by atoms with Crippen LogP contribution in [0.4, 0.5) is 11.4 Å². The number of nitrogens with one attached hydrogen (secondary N) is 2. The van der Waals surface area contributed by atoms with Crippen LogP contribution >= 0.6 is 23.1 Å². The number of carbonyl (C=O) groups is 3. The van der Waals surface area contributed by atoms with Gasteiger partial charge in [0, 0.05) is 21.7 Å². The van der Waals surface area contributed by atoms with Gasteiger partial charge in [-0.2, -0.15) is 0 Å². The number of thioether (sulfide) groups is 1. The average molecular weight is 682 g/mol. The summed E-state index contributed by atoms with van der Waals surface area (Å²) in [4.78, 5) is 58.7. The summed E-state index contributed by atoms with van der Waals surface area (Å²) < 4.78 is 12.0. The number of aryl methyl sites for hydroxylation is 2. The molecular formula is C37H35N3O6S2. The molecule has 3 aromatic carbocycles. The molecular weight excluding hydrogens is 647 g/mol. The van der Waals surface area contributed by atoms with Gasteiger partial charge in [-0.3, -0.25) is 24.1 Å². The van der Waals surface area contributed by atoms with Gasteiger partial charge in [0.1, 0.15) is 0 Å². The fourth-order valence-electron chi connectivity index (χ4n) is 8.42. The van der Waals surface area contributed by atoms with E-state index in [2.05, 4.69) is 10.3 Å². The molecule has 48 heavy (non-hydrogen) atoms. The maximum absolute atomic E-state index is 14.1. The molecule has 4 aromatic rings. The molecule has 4 aliphatic rings. The van der Waals surface area contributed by atoms with Crippen LogP contribution in [0.2, 0.25) is 0 Å². The number of thiazole rings is 1. The van der Waals surface area contributed by atoms with Crippen molar-refractivity contribution in [3.8, 4) is 11.5 Å². The number of nitrogens with zero attached hydrogens (tertiary/aromatic N) is 1. The van der Waals surface area contributed by atoms with Crippen LogP contribution in [0.5, 0.6) is 11.5 Å². The summed E-state index contributed by atoms with van der Waals surface area (Å²) in [5, 5.41) is 3.78. The zero-order valence-electron chi connectivity index (χ0n) is 26.7. The molecule has 11 heteroatoms. The van der Waals surface area contributed by atoms with Gasteiger partial charge in [0.15, 0.2) is 18.1 Å². The quantitative estimate of drug-likeness (QED) is 0.214. The fourth-order valence-corrected chi connectivity index (χ4v) is 11.3. The second kappa shape index (κ2) is 12.0. The summed E-state index contributed by atoms with van der Waals surface area (Å²) in [6, 6.07) is 20.9. The molecule has 3 heterocycles. The van der Waals surface area contributed by atoms with Gasteiger partial charge in [0.05, 0.1) is 29.2 Å². The van der Waals surface area contributed by atoms with E-state index in [1.54, 1.807) is 11.8 Å². The van der Waals surface area contributed by atoms with Gasteiger partial charge in [-0.05, 0) is 86.9 Å². The molecule has 246 valence electrons. The number of H-pyrrole nitrogens is 1. The minimum atomic E-state index is -0.383. The van der Waals surface area contributed by atoms with Crippen LogP contribution < -0.4 is 24.6 Å². The molecule has 9 nitrogen and oxygen atoms in total. The van der Waals surface area contributed by atoms with Gasteiger partial charge in [0.2, 0.25) is 11.8 Å². The minimum absolute atomic E-state index is 0.00306. The SMILES string of the molecule is CCOc1cc([C@H]2c3sc(=O)[nH]c3SC3C4CC(C5C(=O)N(c6ccc(C)cc6)C(=O)C45)C32)ccc1OCC(=O)Nc1ccc(C)cc1. The van der Waals surface area contributed by atoms with Crippen LogP contribution in [-0.2, 0) is 14.4 Å². The zero-order valence-corrected chi connectivity index (χ0v) is 28.4. The molecule has 3 fully saturated rings. The summed E-state index contributed by atoms with van der Waals surface area (Å²) >= 11 is 2.88. The molecule has 0 spiro atoms. The lowest BCUT2D eigenvalue weighted by molar-refractivity contribution is -0.123. The Morgan fingerprint density at radius 1 is 0.896 bits per heavy atom. The monoisotopic (exact) mass is 681 g/mol. The van der Waals surface area contributed by atoms with Gasteiger partial charge in [-0.15, -0.1) is 11.8 Å². The molecule has 1 aromatic heterocycles. The molecule has 7 atom stereocenters. The topological polar surface area (TPSA) is 118 Å². The smallest absolute Gasteiger partial charge is 0.305 e. The normalized spacial score (nSPS) is 26.6. The lowest BCUT2D eigenvalue weighted by Gasteiger charge is -2.43. The third-order valence-corrected chi connectivity index (χ3v) is 12.9. The number of imide groups is 1. The third kappa shape index (κ3) is 5.06. The van der Waals surface area contributed by atoms with E-state index in [0.29, 0.717) is 29.5 Å². The molecule has 2 N–H and O–H groups in total. The Labute approximate surface area is 286 Å². The number of rotatable bonds is 8. The van der Waals surface area contributed by atoms with E-state index in [0.717, 1.165) is 33.0 Å². The van der Waals surface area contributed by atoms with Crippen molar-refractivity contribution in [2.45, 2.75) is 43.4 Å². The van der Waals surface area contributed by atoms with E-state index in [1.165, 1.54) is 16.2 Å². The molecule has 8 rings (SSSR count). The highest BCUT2D eigenvalue weighted by Gasteiger charge is 2.69. The van der Waals surface area contributed by atoms with E-state index in [-0.39, 0.29) is 70.0 Å². The van der Waals surface area contributed by atoms with Crippen LogP contribution in [0, 0.1) is 43.4 Å². The first-order valence-corrected chi connectivity index (χ1v) is 18.0. The van der Waals surface area contributed by atoms with Crippen molar-refractivity contribution in [3.05, 3.63) is 98.0 Å². The van der Waals surface area contributed by atoms with Crippen LogP contribution in [0.15, 0.2) is 76.6 Å². The molecule has 2 saturated carbocycles. The number of anilines is 2. The Morgan fingerprint density at radius 2 is 1.58 bits per heavy atom. The Bertz CT molecular complexity index is 1990. The highest BCUT2D eigenvalue weighted by molar-refractivity contribution is 8.00. The maximum atomic E-state index is 14.1. The number of aromatic nitrogens is 1. The number of amides is 3. The first kappa shape index (κ1) is 31.0. The Morgan fingerprint density at radius 3 is 2.29 bits per heavy atom. The average Bonchev–Trinajstić information content (AvgIpc) is 3.81. The van der Waals surface area contributed by atoms with Crippen molar-refractivity contribution in [3.63, 3.8) is 0 Å². The molecule has 3 amide bonds. The molecule has 2 aliphatic heterocycles. The largest absolute Gasteiger partial charge is 0.490 e. The second-order valence-corrected chi connectivity index (χ2v) is 15.4. The van der Waals surface area contributed by atoms with Gasteiger partial charge in [0.25, 0.3) is 5.91 Å². The predicted octanol–water partition coefficient (Wildman–Crippen LogP) is 6.15. The Hall–Kier alpha value is -4.35. The van der Waals surface area contributed by atoms with E-state index in [4.69, 9.17) is 9.47 Å². The van der Waals surface area contributed by atoms with Crippen molar-refractivity contribution < 1.29 is 23.9 Å². The van der Waals surface area contributed by atoms with E-state index in [1.807, 2.05) is 87.5 Å². The standard InChI is InChI=1S/C37H35N3O6S2/c1-4-45-26-15-20(9-14-25(26)46-17-27(41)38-21-10-5-18(2)6-11-21)28-29-23-16-24(32(29)47-34-33(28)48-37(44)39-34)31-30(23)35(42)40(36(31)43)22-12-7-19(3)8-13-22/h5-15,23-24,28-32H,4,16-17H2,1-3H3,(H,38,41)(H,39,44)/t23?,24?,28-,29?,30?,31?,32?/m1/s1. The Balaban J connectivity index is 1.10. The number of aromatic amines is 1. The summed E-state index contributed by atoms with van der Waals surface area (Å²) in [5.74, 6) is -0.371. The summed E-state index contributed by atoms with van der Waals surface area (Å²) in [5.41, 5.74) is 4.45. The molecule has 0 radical (unpaired) electrons. The van der Waals surface area contributed by atoms with Crippen molar-refractivity contribution in [2.75, 3.05) is 23.4 Å². The number of fused-ring (bicyclic) bond motifs is 9. The number of benzene rings is 3. The van der Waals surface area contributed by atoms with E-state index < -0.39 is 0 Å². The zero-order chi connectivity index (χ0) is 33.3. The minimum Gasteiger partial charge on any atom is -0.490 e. The van der Waals surface area contributed by atoms with Crippen molar-refractivity contribution in [2.24, 2.45) is 29.6 Å². The summed E-state index contributed by atoms with van der Waals surface area (Å²) in [7, 11) is 0. The van der Waals surface area contributed by atoms with Crippen molar-refractivity contribution >= 4 is 52.2 Å². The van der Waals surface area contributed by atoms with Crippen LogP contribution in [0.25, 0.3) is 0 Å². The first-order valence-electron chi connectivity index (χ1n) is 16.3. The second-order valence-electron chi connectivity index (χ2n) is 13.1. The van der Waals surface area contributed by atoms with Gasteiger partial charge in [-0.25, -0.2) is 0 Å². The maximum Gasteiger partial charge on any atom is 0.305 e. The van der Waals surface area contributed by atoms with Gasteiger partial charge >= 0.3 is 4.87 Å². The molecule has 2 bridgehead atoms. The Kier molecular flexibility index (Phi) is 7.71. The lowest BCUT2D eigenvalue weighted by atomic mass is 9.68. The predicted molar refractivity (Wildman–Crippen MR) is 185 cm³/mol. The molecule has 2 aliphatic carbocycles. The summed E-state index contributed by atoms with van der Waals surface area (Å²) in [6.45, 7) is 6.06. The fraction of sp³-hybridized carbons (Fsp3) is 0.351. The van der Waals surface area contributed by atoms with E-state index >= 15 is 0 Å². The molecule has 6 unspecified atom stereocenters. The number of hydrogen-bond donors (Lipinski definition) is 2. The third-order valence-electron chi connectivity index (χ3n) is 10.3. The van der Waals surface area contributed by atoms with Gasteiger partial charge < -0.3 is 19.8 Å². The number of hydrogen-bond acceptors (Lipinski definition) is 8. The van der Waals surface area contributed by atoms with Crippen LogP contribution in [-0.4, -0.2) is 41.2 Å². The number of carbonyl (C=O) groups excluding carboxylic acids is 3. The highest BCUT2D eigenvalue weighted by atomic mass is 32.2.